The number of H-pyrrole nitrogens is 1. The number of nitrogens with one attached hydrogen (secondary N) is 1. The third kappa shape index (κ3) is 3.87. The zero-order valence-electron chi connectivity index (χ0n) is 17.2. The molecule has 1 spiro atoms. The molecule has 1 unspecified atom stereocenters. The van der Waals surface area contributed by atoms with Gasteiger partial charge in [0, 0.05) is 49.5 Å². The number of para-hydroxylation sites is 1. The van der Waals surface area contributed by atoms with E-state index in [2.05, 4.69) is 53.6 Å². The summed E-state index contributed by atoms with van der Waals surface area (Å²) in [7, 11) is 0. The van der Waals surface area contributed by atoms with Crippen LogP contribution in [0.25, 0.3) is 10.9 Å². The van der Waals surface area contributed by atoms with Gasteiger partial charge in [-0.2, -0.15) is 0 Å². The van der Waals surface area contributed by atoms with Gasteiger partial charge in [0.2, 0.25) is 5.91 Å². The van der Waals surface area contributed by atoms with Crippen LogP contribution in [0, 0.1) is 0 Å². The Balaban J connectivity index is 1.35. The Hall–Kier alpha value is -2.63. The molecule has 0 saturated carbocycles. The molecule has 1 N–H and O–H groups in total. The molecule has 30 heavy (non-hydrogen) atoms. The first-order chi connectivity index (χ1) is 14.7. The first-order valence-corrected chi connectivity index (χ1v) is 10.9. The normalized spacial score (nSPS) is 19.4. The maximum Gasteiger partial charge on any atom is 0.223 e. The van der Waals surface area contributed by atoms with Crippen LogP contribution in [0.2, 0.25) is 0 Å². The fourth-order valence-electron chi connectivity index (χ4n) is 4.84. The number of hydrogen-bond acceptors (Lipinski definition) is 3. The Labute approximate surface area is 177 Å². The Morgan fingerprint density at radius 3 is 2.47 bits per heavy atom. The van der Waals surface area contributed by atoms with Gasteiger partial charge in [-0.15, -0.1) is 0 Å². The molecule has 5 rings (SSSR count). The molecule has 5 nitrogen and oxygen atoms in total. The van der Waals surface area contributed by atoms with Gasteiger partial charge in [0.15, 0.2) is 5.79 Å². The molecule has 0 bridgehead atoms. The molecule has 2 aliphatic rings. The smallest absolute Gasteiger partial charge is 0.223 e. The summed E-state index contributed by atoms with van der Waals surface area (Å²) in [5.74, 6) is -0.100. The molecule has 1 amide bonds. The average Bonchev–Trinajstić information content (AvgIpc) is 3.42. The summed E-state index contributed by atoms with van der Waals surface area (Å²) in [5.41, 5.74) is 3.60. The molecular weight excluding hydrogens is 376 g/mol. The van der Waals surface area contributed by atoms with E-state index in [1.165, 1.54) is 16.5 Å². The number of hydrogen-bond donors (Lipinski definition) is 1. The van der Waals surface area contributed by atoms with Crippen LogP contribution in [0.1, 0.15) is 36.3 Å². The van der Waals surface area contributed by atoms with Gasteiger partial charge in [0.1, 0.15) is 0 Å². The van der Waals surface area contributed by atoms with E-state index >= 15 is 0 Å². The van der Waals surface area contributed by atoms with Crippen molar-refractivity contribution in [3.8, 4) is 0 Å². The van der Waals surface area contributed by atoms with Crippen LogP contribution in [0.3, 0.4) is 0 Å². The molecule has 0 radical (unpaired) electrons. The molecule has 156 valence electrons. The topological polar surface area (TPSA) is 54.6 Å². The fourth-order valence-corrected chi connectivity index (χ4v) is 4.84. The number of amides is 1. The summed E-state index contributed by atoms with van der Waals surface area (Å²) in [5, 5.41) is 1.21. The number of ether oxygens (including phenoxy) is 2. The van der Waals surface area contributed by atoms with E-state index in [1.54, 1.807) is 0 Å². The maximum absolute atomic E-state index is 13.3. The number of piperidine rings is 1. The monoisotopic (exact) mass is 404 g/mol. The number of nitrogens with zero attached hydrogens (tertiary/aromatic N) is 1. The molecule has 2 aliphatic heterocycles. The predicted octanol–water partition coefficient (Wildman–Crippen LogP) is 4.25. The van der Waals surface area contributed by atoms with Gasteiger partial charge >= 0.3 is 0 Å². The fraction of sp³-hybridized carbons (Fsp3) is 0.400. The van der Waals surface area contributed by atoms with Gasteiger partial charge in [-0.25, -0.2) is 0 Å². The first kappa shape index (κ1) is 19.3. The van der Waals surface area contributed by atoms with Gasteiger partial charge < -0.3 is 19.4 Å². The number of carbonyl (C=O) groups is 1. The number of likely N-dealkylation sites (tertiary alicyclic amines) is 1. The van der Waals surface area contributed by atoms with E-state index in [0.717, 1.165) is 24.8 Å². The molecule has 2 fully saturated rings. The summed E-state index contributed by atoms with van der Waals surface area (Å²) < 4.78 is 11.6. The lowest BCUT2D eigenvalue weighted by molar-refractivity contribution is -0.187. The van der Waals surface area contributed by atoms with Gasteiger partial charge in [0.05, 0.1) is 13.2 Å². The van der Waals surface area contributed by atoms with Crippen LogP contribution in [0.5, 0.6) is 0 Å². The van der Waals surface area contributed by atoms with Gasteiger partial charge in [-0.05, 0) is 29.5 Å². The quantitative estimate of drug-likeness (QED) is 0.692. The maximum atomic E-state index is 13.3. The van der Waals surface area contributed by atoms with Crippen molar-refractivity contribution in [2.75, 3.05) is 26.3 Å². The Morgan fingerprint density at radius 1 is 1.00 bits per heavy atom. The summed E-state index contributed by atoms with van der Waals surface area (Å²) >= 11 is 0. The van der Waals surface area contributed by atoms with Crippen molar-refractivity contribution in [1.29, 1.82) is 0 Å². The van der Waals surface area contributed by atoms with Crippen LogP contribution in [0.15, 0.2) is 60.8 Å². The second-order valence-electron chi connectivity index (χ2n) is 8.37. The third-order valence-corrected chi connectivity index (χ3v) is 6.50. The van der Waals surface area contributed by atoms with E-state index in [9.17, 15) is 4.79 Å². The Morgan fingerprint density at radius 2 is 1.70 bits per heavy atom. The van der Waals surface area contributed by atoms with Crippen molar-refractivity contribution < 1.29 is 14.3 Å². The van der Waals surface area contributed by atoms with Crippen molar-refractivity contribution in [2.45, 2.75) is 37.4 Å². The van der Waals surface area contributed by atoms with Crippen molar-refractivity contribution in [3.63, 3.8) is 0 Å². The standard InChI is InChI=1S/C25H28N2O3/c28-24(27-12-10-25(11-13-27)29-14-15-30-25)17-20(16-19-6-2-1-3-7-19)22-18-26-23-9-5-4-8-21(22)23/h1-9,18,20,26H,10-17H2. The lowest BCUT2D eigenvalue weighted by Crippen LogP contribution is -2.47. The van der Waals surface area contributed by atoms with Crippen LogP contribution < -0.4 is 0 Å². The highest BCUT2D eigenvalue weighted by Crippen LogP contribution is 2.34. The van der Waals surface area contributed by atoms with Crippen molar-refractivity contribution in [2.24, 2.45) is 0 Å². The number of carbonyl (C=O) groups excluding carboxylic acids is 1. The van der Waals surface area contributed by atoms with E-state index in [-0.39, 0.29) is 11.8 Å². The number of aromatic amines is 1. The zero-order valence-corrected chi connectivity index (χ0v) is 17.2. The second kappa shape index (κ2) is 8.25. The third-order valence-electron chi connectivity index (χ3n) is 6.50. The second-order valence-corrected chi connectivity index (χ2v) is 8.37. The number of fused-ring (bicyclic) bond motifs is 1. The van der Waals surface area contributed by atoms with E-state index in [4.69, 9.17) is 9.47 Å². The number of aromatic nitrogens is 1. The summed E-state index contributed by atoms with van der Waals surface area (Å²) in [6, 6.07) is 18.8. The van der Waals surface area contributed by atoms with Crippen LogP contribution in [-0.4, -0.2) is 47.9 Å². The number of rotatable bonds is 5. The molecule has 3 heterocycles. The number of benzene rings is 2. The summed E-state index contributed by atoms with van der Waals surface area (Å²) in [6.07, 6.45) is 4.95. The molecule has 1 atom stereocenters. The van der Waals surface area contributed by atoms with Crippen LogP contribution in [0.4, 0.5) is 0 Å². The minimum atomic E-state index is -0.447. The molecule has 5 heteroatoms. The molecular formula is C25H28N2O3. The van der Waals surface area contributed by atoms with Gasteiger partial charge in [-0.3, -0.25) is 4.79 Å². The minimum absolute atomic E-state index is 0.130. The van der Waals surface area contributed by atoms with Gasteiger partial charge in [0.25, 0.3) is 0 Å². The minimum Gasteiger partial charge on any atom is -0.361 e. The van der Waals surface area contributed by atoms with Gasteiger partial charge in [-0.1, -0.05) is 48.5 Å². The highest BCUT2D eigenvalue weighted by molar-refractivity contribution is 5.85. The lowest BCUT2D eigenvalue weighted by atomic mass is 9.88. The average molecular weight is 405 g/mol. The SMILES string of the molecule is O=C(CC(Cc1ccccc1)c1c[nH]c2ccccc12)N1CCC2(CC1)OCCO2. The van der Waals surface area contributed by atoms with Crippen molar-refractivity contribution in [1.82, 2.24) is 9.88 Å². The van der Waals surface area contributed by atoms with Crippen molar-refractivity contribution in [3.05, 3.63) is 71.9 Å². The first-order valence-electron chi connectivity index (χ1n) is 10.9. The molecule has 0 aliphatic carbocycles. The largest absolute Gasteiger partial charge is 0.361 e. The Bertz CT molecular complexity index is 997. The summed E-state index contributed by atoms with van der Waals surface area (Å²) in [4.78, 5) is 18.6. The molecule has 2 saturated heterocycles. The predicted molar refractivity (Wildman–Crippen MR) is 116 cm³/mol. The highest BCUT2D eigenvalue weighted by Gasteiger charge is 2.41. The Kier molecular flexibility index (Phi) is 5.32. The molecule has 3 aromatic rings. The zero-order chi connectivity index (χ0) is 20.4. The lowest BCUT2D eigenvalue weighted by Gasteiger charge is -2.38. The van der Waals surface area contributed by atoms with Crippen molar-refractivity contribution >= 4 is 16.8 Å². The highest BCUT2D eigenvalue weighted by atomic mass is 16.7. The molecule has 1 aromatic heterocycles. The van der Waals surface area contributed by atoms with E-state index < -0.39 is 5.79 Å². The summed E-state index contributed by atoms with van der Waals surface area (Å²) in [6.45, 7) is 2.72. The molecule has 2 aromatic carbocycles. The van der Waals surface area contributed by atoms with Crippen LogP contribution >= 0.6 is 0 Å². The van der Waals surface area contributed by atoms with Crippen LogP contribution in [-0.2, 0) is 20.7 Å². The van der Waals surface area contributed by atoms with E-state index in [1.807, 2.05) is 17.0 Å². The van der Waals surface area contributed by atoms with E-state index in [0.29, 0.717) is 32.7 Å².